The number of Topliss-reactive ketones (excluding diaryl/α,β-unsaturated/α-hetero) is 1. The topological polar surface area (TPSA) is 369 Å². The minimum atomic E-state index is -1.34. The van der Waals surface area contributed by atoms with Gasteiger partial charge in [0.1, 0.15) is 18.7 Å². The van der Waals surface area contributed by atoms with Gasteiger partial charge < -0.3 is 86.1 Å². The van der Waals surface area contributed by atoms with Crippen molar-refractivity contribution >= 4 is 70.5 Å². The molecule has 27 nitrogen and oxygen atoms in total. The summed E-state index contributed by atoms with van der Waals surface area (Å²) in [6, 6.07) is 18.7. The molecule has 0 spiro atoms. The van der Waals surface area contributed by atoms with Gasteiger partial charge in [-0.25, -0.2) is 9.59 Å². The Bertz CT molecular complexity index is 3690. The molecule has 0 radical (unpaired) electrons. The summed E-state index contributed by atoms with van der Waals surface area (Å²) in [4.78, 5) is 133. The lowest BCUT2D eigenvalue weighted by Crippen LogP contribution is -2.63. The molecule has 11 atom stereocenters. The summed E-state index contributed by atoms with van der Waals surface area (Å²) >= 11 is 0. The lowest BCUT2D eigenvalue weighted by atomic mass is 9.46. The van der Waals surface area contributed by atoms with Crippen molar-refractivity contribution in [2.24, 2.45) is 40.2 Å². The number of rotatable bonds is 38. The summed E-state index contributed by atoms with van der Waals surface area (Å²) < 4.78 is 40.9. The van der Waals surface area contributed by atoms with Crippen LogP contribution in [0.3, 0.4) is 0 Å². The van der Waals surface area contributed by atoms with E-state index in [0.717, 1.165) is 41.5 Å². The predicted molar refractivity (Wildman–Crippen MR) is 382 cm³/mol. The molecule has 3 aromatic rings. The number of hydrogen-bond donors (Lipinski definition) is 9. The number of hydrogen-bond acceptors (Lipinski definition) is 18. The quantitative estimate of drug-likeness (QED) is 0.0254. The third kappa shape index (κ3) is 20.3. The minimum absolute atomic E-state index is 0.00338. The van der Waals surface area contributed by atoms with Crippen molar-refractivity contribution in [2.45, 2.75) is 161 Å². The number of anilines is 2. The fourth-order valence-electron chi connectivity index (χ4n) is 15.5. The number of carbonyl (C=O) groups is 10. The molecule has 9 amide bonds. The second-order valence-electron chi connectivity index (χ2n) is 28.0. The Labute approximate surface area is 607 Å². The number of benzene rings is 3. The molecule has 104 heavy (non-hydrogen) atoms. The molecule has 2 heterocycles. The molecule has 0 bridgehead atoms. The summed E-state index contributed by atoms with van der Waals surface area (Å²) in [5.74, 6) is 3.03. The van der Waals surface area contributed by atoms with Gasteiger partial charge in [0, 0.05) is 78.9 Å². The highest BCUT2D eigenvalue weighted by Gasteiger charge is 2.75. The zero-order chi connectivity index (χ0) is 74.4. The number of fused-ring (bicyclic) bond motifs is 9. The van der Waals surface area contributed by atoms with E-state index in [1.165, 1.54) is 0 Å². The summed E-state index contributed by atoms with van der Waals surface area (Å²) in [5.41, 5.74) is 7.85. The van der Waals surface area contributed by atoms with E-state index in [0.29, 0.717) is 62.6 Å². The van der Waals surface area contributed by atoms with Crippen molar-refractivity contribution in [3.63, 3.8) is 0 Å². The van der Waals surface area contributed by atoms with Crippen molar-refractivity contribution < 1.29 is 86.2 Å². The molecule has 3 saturated carbocycles. The monoisotopic (exact) mass is 1440 g/mol. The van der Waals surface area contributed by atoms with Crippen LogP contribution in [0, 0.1) is 46.3 Å². The minimum Gasteiger partial charge on any atom is -0.445 e. The zero-order valence-electron chi connectivity index (χ0n) is 60.2. The summed E-state index contributed by atoms with van der Waals surface area (Å²) in [6.45, 7) is 11.7. The van der Waals surface area contributed by atoms with E-state index in [1.54, 1.807) is 55.2 Å². The fraction of sp³-hybridized carbons (Fsp3) is 0.558. The average Bonchev–Trinajstić information content (AvgIpc) is 1.48. The van der Waals surface area contributed by atoms with Crippen LogP contribution in [0.5, 0.6) is 0 Å². The number of nitrogens with two attached hydrogens (primary N) is 1. The number of ketones is 2. The largest absolute Gasteiger partial charge is 0.445 e. The van der Waals surface area contributed by atoms with Crippen LogP contribution in [-0.4, -0.2) is 179 Å². The highest BCUT2D eigenvalue weighted by molar-refractivity contribution is 6.01. The van der Waals surface area contributed by atoms with Crippen molar-refractivity contribution in [3.05, 3.63) is 119 Å². The SMILES string of the molecule is CCCC1O[C@@H]2C[C@H]3[C@@H]4CCC5=CC(=O)C=C[C@]5(C)[C@H]4[C@@H](O)C[C@]3(C)[C@]2(C(=O)CCNC(=O)CNC(=O)OCc2ccc(NC(=O)[C@H](CCCNC(N)=O)NC(=O)[C@@H](NC(=O)CCOCCOCCOCCOCCNC(=O)CCC(=O)N3Cc4ccccc4C#Cc4ccccc43)C(C)C)cc2)O1. The predicted octanol–water partition coefficient (Wildman–Crippen LogP) is 5.47. The molecule has 2 aliphatic heterocycles. The van der Waals surface area contributed by atoms with Gasteiger partial charge in [-0.2, -0.15) is 0 Å². The van der Waals surface area contributed by atoms with E-state index < -0.39 is 89.3 Å². The molecular formula is C77H101N9O18. The van der Waals surface area contributed by atoms with Gasteiger partial charge in [0.05, 0.1) is 83.8 Å². The Balaban J connectivity index is 0.618. The van der Waals surface area contributed by atoms with E-state index in [-0.39, 0.29) is 145 Å². The standard InChI is InChI=1S/C77H101N9O18/c1-6-12-68-103-63-44-58-57-25-22-54-43-56(87)28-31-75(54,4)69(57)61(88)45-76(58,5)77(63,104-68)62(89)29-33-79-66(92)46-82-74(97)102-48-50-18-23-55(24-19-50)83-71(94)59(16-11-32-81-73(78)96)84-72(95)70(49(2)3)85-65(91)30-35-98-37-39-100-41-42-101-40-38-99-36-34-80-64(90)26-27-67(93)86-47-53-15-8-7-13-51(53)20-21-52-14-9-10-17-60(52)86/h7-10,13-15,17-19,23-24,28,31,43,49,57-59,61,63,68-70,88H,6,11-12,16,22,25-27,29-30,32-42,44-48H2,1-5H3,(H,79,92)(H,80,90)(H,82,97)(H,83,94)(H,84,95)(H,85,91)(H3,78,81,96)/t57-,58-,59-,61-,63+,68?,69+,70-,75-,76-,77+/m0/s1. The zero-order valence-corrected chi connectivity index (χ0v) is 60.2. The lowest BCUT2D eigenvalue weighted by Gasteiger charge is -2.59. The molecule has 27 heteroatoms. The van der Waals surface area contributed by atoms with E-state index in [1.807, 2.05) is 68.5 Å². The van der Waals surface area contributed by atoms with Gasteiger partial charge in [0.15, 0.2) is 23.5 Å². The molecule has 10 N–H and O–H groups in total. The lowest BCUT2D eigenvalue weighted by molar-refractivity contribution is -0.199. The Hall–Kier alpha value is -8.88. The average molecular weight is 1440 g/mol. The van der Waals surface area contributed by atoms with Crippen LogP contribution in [0.25, 0.3) is 0 Å². The van der Waals surface area contributed by atoms with Crippen LogP contribution >= 0.6 is 0 Å². The van der Waals surface area contributed by atoms with Gasteiger partial charge in [0.2, 0.25) is 35.4 Å². The maximum atomic E-state index is 14.7. The molecule has 562 valence electrons. The first kappa shape index (κ1) is 79.2. The Kier molecular flexibility index (Phi) is 28.7. The molecule has 6 aliphatic rings. The normalized spacial score (nSPS) is 23.7. The number of aliphatic hydroxyl groups excluding tert-OH is 1. The molecule has 4 aliphatic carbocycles. The molecule has 9 rings (SSSR count). The number of allylic oxidation sites excluding steroid dienone is 4. The highest BCUT2D eigenvalue weighted by atomic mass is 16.7. The molecule has 1 unspecified atom stereocenters. The maximum Gasteiger partial charge on any atom is 0.407 e. The number of alkyl carbamates (subject to hydrolysis) is 1. The van der Waals surface area contributed by atoms with E-state index in [9.17, 15) is 53.1 Å². The first-order valence-corrected chi connectivity index (χ1v) is 36.3. The number of aliphatic hydroxyl groups is 1. The van der Waals surface area contributed by atoms with Crippen LogP contribution in [-0.2, 0) is 84.7 Å². The Morgan fingerprint density at radius 3 is 2.14 bits per heavy atom. The third-order valence-electron chi connectivity index (χ3n) is 20.7. The highest BCUT2D eigenvalue weighted by Crippen LogP contribution is 2.70. The summed E-state index contributed by atoms with van der Waals surface area (Å²) in [6.07, 6.45) is 6.54. The van der Waals surface area contributed by atoms with E-state index >= 15 is 0 Å². The smallest absolute Gasteiger partial charge is 0.407 e. The molecule has 4 fully saturated rings. The number of carbonyl (C=O) groups excluding carboxylic acids is 10. The van der Waals surface area contributed by atoms with Crippen LogP contribution in [0.15, 0.2) is 96.6 Å². The van der Waals surface area contributed by atoms with Crippen molar-refractivity contribution in [2.75, 3.05) is 89.3 Å². The van der Waals surface area contributed by atoms with Crippen LogP contribution in [0.2, 0.25) is 0 Å². The van der Waals surface area contributed by atoms with Crippen LogP contribution in [0.1, 0.15) is 134 Å². The van der Waals surface area contributed by atoms with Crippen molar-refractivity contribution in [1.82, 2.24) is 31.9 Å². The van der Waals surface area contributed by atoms with E-state index in [2.05, 4.69) is 56.0 Å². The van der Waals surface area contributed by atoms with Gasteiger partial charge in [-0.15, -0.1) is 0 Å². The third-order valence-corrected chi connectivity index (χ3v) is 20.7. The fourth-order valence-corrected chi connectivity index (χ4v) is 15.5. The summed E-state index contributed by atoms with van der Waals surface area (Å²) in [7, 11) is 0. The number of nitrogens with zero attached hydrogens (tertiary/aromatic N) is 1. The number of amides is 9. The number of ether oxygens (including phenoxy) is 7. The van der Waals surface area contributed by atoms with Gasteiger partial charge in [-0.3, -0.25) is 38.4 Å². The Morgan fingerprint density at radius 2 is 1.42 bits per heavy atom. The number of primary amides is 1. The van der Waals surface area contributed by atoms with Crippen LogP contribution < -0.4 is 47.9 Å². The van der Waals surface area contributed by atoms with Crippen LogP contribution in [0.4, 0.5) is 21.0 Å². The van der Waals surface area contributed by atoms with E-state index in [4.69, 9.17) is 38.9 Å². The van der Waals surface area contributed by atoms with Gasteiger partial charge in [-0.05, 0) is 116 Å². The Morgan fingerprint density at radius 1 is 0.740 bits per heavy atom. The molecule has 1 saturated heterocycles. The van der Waals surface area contributed by atoms with Crippen molar-refractivity contribution in [1.29, 1.82) is 0 Å². The second kappa shape index (κ2) is 37.7. The maximum absolute atomic E-state index is 14.7. The first-order chi connectivity index (χ1) is 50.0. The number of para-hydroxylation sites is 1. The molecule has 3 aromatic carbocycles. The second-order valence-corrected chi connectivity index (χ2v) is 28.0. The van der Waals surface area contributed by atoms with Gasteiger partial charge in [0.25, 0.3) is 0 Å². The molecule has 0 aromatic heterocycles. The van der Waals surface area contributed by atoms with Crippen molar-refractivity contribution in [3.8, 4) is 11.8 Å². The first-order valence-electron chi connectivity index (χ1n) is 36.3. The number of urea groups is 1. The number of nitrogens with one attached hydrogen (secondary N) is 7. The summed E-state index contributed by atoms with van der Waals surface area (Å²) in [5, 5.41) is 30.8. The van der Waals surface area contributed by atoms with Gasteiger partial charge in [-0.1, -0.05) is 107 Å². The molecular weight excluding hydrogens is 1340 g/mol. The van der Waals surface area contributed by atoms with Gasteiger partial charge >= 0.3 is 12.1 Å².